The van der Waals surface area contributed by atoms with Crippen LogP contribution >= 0.6 is 25.8 Å². The summed E-state index contributed by atoms with van der Waals surface area (Å²) in [6.07, 6.45) is 2.25. The highest BCUT2D eigenvalue weighted by molar-refractivity contribution is 7.69. The van der Waals surface area contributed by atoms with Crippen LogP contribution in [-0.2, 0) is 93.3 Å². The van der Waals surface area contributed by atoms with Gasteiger partial charge in [-0.3, -0.25) is 14.4 Å². The molecule has 0 aromatic heterocycles. The lowest BCUT2D eigenvalue weighted by molar-refractivity contribution is -0.144. The second-order valence-electron chi connectivity index (χ2n) is 24.7. The summed E-state index contributed by atoms with van der Waals surface area (Å²) in [6, 6.07) is 12.7. The maximum absolute atomic E-state index is 12.6. The number of hydrogen-bond acceptors (Lipinski definition) is 12. The molecule has 72 heavy (non-hydrogen) atoms. The first-order valence-corrected chi connectivity index (χ1v) is 28.8. The first kappa shape index (κ1) is 61.2. The second-order valence-corrected chi connectivity index (χ2v) is 28.5. The zero-order valence-electron chi connectivity index (χ0n) is 47.6. The fourth-order valence-electron chi connectivity index (χ4n) is 8.11. The minimum Gasteiger partial charge on any atom is -0.466 e. The molecular weight excluding hydrogens is 970 g/mol. The van der Waals surface area contributed by atoms with Crippen LogP contribution in [0.5, 0.6) is 17.2 Å². The zero-order chi connectivity index (χ0) is 54.4. The van der Waals surface area contributed by atoms with Crippen molar-refractivity contribution in [3.63, 3.8) is 0 Å². The molecule has 1 aliphatic rings. The number of hydrogen-bond donors (Lipinski definition) is 0. The van der Waals surface area contributed by atoms with E-state index in [4.69, 9.17) is 40.7 Å². The molecule has 0 atom stereocenters. The monoisotopic (exact) mass is 1060 g/mol. The number of carbonyl (C=O) groups excluding carboxylic acids is 3. The topological polar surface area (TPSA) is 134 Å². The average Bonchev–Trinajstić information content (AvgIpc) is 3.23. The van der Waals surface area contributed by atoms with Gasteiger partial charge in [0.15, 0.2) is 0 Å². The molecule has 15 heteroatoms. The van der Waals surface area contributed by atoms with Crippen LogP contribution in [-0.4, -0.2) is 37.7 Å². The summed E-state index contributed by atoms with van der Waals surface area (Å²) in [6.45, 7) is 44.9. The predicted octanol–water partition coefficient (Wildman–Crippen LogP) is 16.2. The number of benzene rings is 3. The molecule has 0 radical (unpaired) electrons. The van der Waals surface area contributed by atoms with Crippen molar-refractivity contribution in [2.24, 2.45) is 0 Å². The van der Waals surface area contributed by atoms with Crippen molar-refractivity contribution in [2.75, 3.05) is 19.8 Å². The van der Waals surface area contributed by atoms with Gasteiger partial charge in [0.05, 0.1) is 19.8 Å². The summed E-state index contributed by atoms with van der Waals surface area (Å²) in [4.78, 5) is 37.7. The summed E-state index contributed by atoms with van der Waals surface area (Å²) >= 11 is 0. The van der Waals surface area contributed by atoms with Gasteiger partial charge in [-0.25, -0.2) is 12.9 Å². The third kappa shape index (κ3) is 17.4. The van der Waals surface area contributed by atoms with E-state index in [0.717, 1.165) is 50.1 Å². The highest BCUT2D eigenvalue weighted by atomic mass is 31.3. The van der Waals surface area contributed by atoms with E-state index in [-0.39, 0.29) is 37.2 Å². The molecule has 0 spiro atoms. The molecule has 3 aromatic rings. The van der Waals surface area contributed by atoms with Gasteiger partial charge in [-0.1, -0.05) is 161 Å². The van der Waals surface area contributed by atoms with E-state index in [1.807, 2.05) is 20.8 Å². The van der Waals surface area contributed by atoms with Crippen molar-refractivity contribution < 1.29 is 55.1 Å². The van der Waals surface area contributed by atoms with Crippen LogP contribution in [0.2, 0.25) is 0 Å². The van der Waals surface area contributed by atoms with Gasteiger partial charge >= 0.3 is 43.7 Å². The van der Waals surface area contributed by atoms with Gasteiger partial charge in [-0.2, -0.15) is 0 Å². The van der Waals surface area contributed by atoms with E-state index in [1.165, 1.54) is 0 Å². The zero-order valence-corrected chi connectivity index (χ0v) is 50.3. The first-order valence-electron chi connectivity index (χ1n) is 25.6. The Hall–Kier alpha value is -3.36. The fraction of sp³-hybridized carbons (Fsp3) is 0.632. The third-order valence-electron chi connectivity index (χ3n) is 12.0. The van der Waals surface area contributed by atoms with Crippen LogP contribution in [0, 0.1) is 0 Å². The predicted molar refractivity (Wildman–Crippen MR) is 292 cm³/mol. The summed E-state index contributed by atoms with van der Waals surface area (Å²) < 4.78 is 57.7. The molecule has 402 valence electrons. The van der Waals surface area contributed by atoms with E-state index < -0.39 is 58.3 Å². The van der Waals surface area contributed by atoms with E-state index >= 15 is 0 Å². The molecule has 0 amide bonds. The number of ether oxygens (including phenoxy) is 3. The summed E-state index contributed by atoms with van der Waals surface area (Å²) in [7, 11) is -6.81. The van der Waals surface area contributed by atoms with Crippen molar-refractivity contribution in [1.29, 1.82) is 0 Å². The van der Waals surface area contributed by atoms with Crippen LogP contribution in [0.25, 0.3) is 0 Å². The Morgan fingerprint density at radius 3 is 0.694 bits per heavy atom. The van der Waals surface area contributed by atoms with Gasteiger partial charge in [0.2, 0.25) is 0 Å². The minimum atomic E-state index is -2.27. The molecule has 0 unspecified atom stereocenters. The van der Waals surface area contributed by atoms with Crippen LogP contribution in [0.3, 0.4) is 0 Å². The molecular formula is C57H87O12P3. The molecule has 0 aliphatic carbocycles. The Balaban J connectivity index is 1.97. The van der Waals surface area contributed by atoms with Gasteiger partial charge in [0.25, 0.3) is 0 Å². The molecule has 1 fully saturated rings. The van der Waals surface area contributed by atoms with E-state index in [9.17, 15) is 14.4 Å². The lowest BCUT2D eigenvalue weighted by atomic mass is 9.78. The number of carbonyl (C=O) groups is 3. The fourth-order valence-corrected chi connectivity index (χ4v) is 12.4. The molecule has 0 N–H and O–H groups in total. The maximum atomic E-state index is 12.6. The van der Waals surface area contributed by atoms with Gasteiger partial charge in [-0.05, 0) is 89.2 Å². The Morgan fingerprint density at radius 1 is 0.361 bits per heavy atom. The van der Waals surface area contributed by atoms with Crippen LogP contribution in [0.1, 0.15) is 215 Å². The number of rotatable bonds is 18. The smallest absolute Gasteiger partial charge is 0.413 e. The molecule has 12 nitrogen and oxygen atoms in total. The summed E-state index contributed by atoms with van der Waals surface area (Å²) in [5, 5.41) is 0. The molecule has 1 saturated heterocycles. The van der Waals surface area contributed by atoms with Crippen LogP contribution in [0.15, 0.2) is 36.4 Å². The molecule has 4 rings (SSSR count). The standard InChI is InChI=1S/C57H87O12P3/c1-22-61-46(58)28-25-37-31-40(52(4,5)6)49(41(32-37)53(7,8)9)64-70-67-71(65-50-42(54(10,11)12)33-38(26-29-47(59)62-23-2)34-43(50)55(13,14)15)69-72(68-70)66-51-44(56(16,17)18)35-39(27-30-48(60)63-24-3)36-45(51)57(19,20)21/h31-36H,22-30H2,1-21H3. The van der Waals surface area contributed by atoms with E-state index in [2.05, 4.69) is 161 Å². The van der Waals surface area contributed by atoms with Crippen molar-refractivity contribution in [3.8, 4) is 17.2 Å². The molecule has 1 aliphatic heterocycles. The Labute approximate surface area is 437 Å². The number of esters is 3. The SMILES string of the molecule is CCOC(=O)CCc1cc(C(C)(C)C)c(OP2OP(Oc3c(C(C)(C)C)cc(CCC(=O)OCC)cc3C(C)(C)C)OP(Oc3c(C(C)(C)C)cc(CCC(=O)OCC)cc3C(C)(C)C)O2)c(C(C)(C)C)c1. The van der Waals surface area contributed by atoms with Gasteiger partial charge in [0, 0.05) is 52.6 Å². The summed E-state index contributed by atoms with van der Waals surface area (Å²) in [5.74, 6) is 1.15. The van der Waals surface area contributed by atoms with E-state index in [0.29, 0.717) is 56.3 Å². The molecule has 1 heterocycles. The maximum Gasteiger partial charge on any atom is 0.413 e. The van der Waals surface area contributed by atoms with Crippen LogP contribution in [0.4, 0.5) is 0 Å². The molecule has 3 aromatic carbocycles. The normalized spacial score (nSPS) is 17.0. The van der Waals surface area contributed by atoms with Gasteiger partial charge < -0.3 is 27.8 Å². The first-order chi connectivity index (χ1) is 33.1. The van der Waals surface area contributed by atoms with Crippen LogP contribution < -0.4 is 13.6 Å². The Bertz CT molecular complexity index is 1980. The highest BCUT2D eigenvalue weighted by Gasteiger charge is 2.45. The minimum absolute atomic E-state index is 0.243. The summed E-state index contributed by atoms with van der Waals surface area (Å²) in [5.41, 5.74) is 6.11. The molecule has 0 saturated carbocycles. The largest absolute Gasteiger partial charge is 0.466 e. The second kappa shape index (κ2) is 24.5. The third-order valence-corrected chi connectivity index (χ3v) is 16.2. The number of aryl methyl sites for hydroxylation is 3. The van der Waals surface area contributed by atoms with Crippen molar-refractivity contribution in [2.45, 2.75) is 216 Å². The quantitative estimate of drug-likeness (QED) is 0.0682. The Morgan fingerprint density at radius 2 is 0.542 bits per heavy atom. The van der Waals surface area contributed by atoms with Crippen molar-refractivity contribution >= 4 is 43.7 Å². The van der Waals surface area contributed by atoms with Gasteiger partial charge in [0.1, 0.15) is 17.2 Å². The van der Waals surface area contributed by atoms with E-state index in [1.54, 1.807) is 0 Å². The lowest BCUT2D eigenvalue weighted by Crippen LogP contribution is -2.22. The van der Waals surface area contributed by atoms with Crippen molar-refractivity contribution in [1.82, 2.24) is 0 Å². The lowest BCUT2D eigenvalue weighted by Gasteiger charge is -2.37. The van der Waals surface area contributed by atoms with Gasteiger partial charge in [-0.15, -0.1) is 0 Å². The van der Waals surface area contributed by atoms with Crippen molar-refractivity contribution in [3.05, 3.63) is 86.5 Å². The average molecular weight is 1060 g/mol. The highest BCUT2D eigenvalue weighted by Crippen LogP contribution is 2.73. The molecule has 0 bridgehead atoms. The Kier molecular flexibility index (Phi) is 20.9.